The number of methoxy groups -OCH3 is 1. The highest BCUT2D eigenvalue weighted by molar-refractivity contribution is 5.84. The Hall–Kier alpha value is -2.83. The van der Waals surface area contributed by atoms with Crippen LogP contribution in [-0.2, 0) is 0 Å². The van der Waals surface area contributed by atoms with Crippen LogP contribution in [0.25, 0.3) is 23.1 Å². The van der Waals surface area contributed by atoms with E-state index in [4.69, 9.17) is 20.5 Å². The molecule has 0 spiro atoms. The summed E-state index contributed by atoms with van der Waals surface area (Å²) in [7, 11) is 1.69. The summed E-state index contributed by atoms with van der Waals surface area (Å²) >= 11 is 0. The Kier molecular flexibility index (Phi) is 5.60. The van der Waals surface area contributed by atoms with Crippen LogP contribution in [0.1, 0.15) is 48.7 Å². The molecule has 0 amide bonds. The first-order valence-corrected chi connectivity index (χ1v) is 9.66. The maximum absolute atomic E-state index is 5.63. The lowest BCUT2D eigenvalue weighted by Gasteiger charge is -2.28. The molecule has 1 aliphatic rings. The predicted octanol–water partition coefficient (Wildman–Crippen LogP) is 3.69. The largest absolute Gasteiger partial charge is 0.497 e. The molecule has 0 bridgehead atoms. The van der Waals surface area contributed by atoms with Crippen molar-refractivity contribution in [1.82, 2.24) is 20.4 Å². The molecule has 28 heavy (non-hydrogen) atoms. The van der Waals surface area contributed by atoms with Crippen molar-refractivity contribution in [3.63, 3.8) is 0 Å². The molecular formula is C22H25N5O. The van der Waals surface area contributed by atoms with Gasteiger partial charge in [-0.3, -0.25) is 16.3 Å². The Morgan fingerprint density at radius 2 is 1.82 bits per heavy atom. The second-order valence-electron chi connectivity index (χ2n) is 7.18. The van der Waals surface area contributed by atoms with E-state index in [1.807, 2.05) is 42.5 Å². The SMILES string of the molecule is COc1ccc2nc(C=Cc3ccncc3)nc(C3CCC(NN)CC3)c2c1. The second-order valence-corrected chi connectivity index (χ2v) is 7.18. The smallest absolute Gasteiger partial charge is 0.152 e. The topological polar surface area (TPSA) is 86.0 Å². The van der Waals surface area contributed by atoms with Gasteiger partial charge >= 0.3 is 0 Å². The fraction of sp³-hybridized carbons (Fsp3) is 0.318. The normalized spacial score (nSPS) is 19.9. The molecule has 1 fully saturated rings. The molecule has 0 atom stereocenters. The molecule has 0 unspecified atom stereocenters. The number of rotatable bonds is 5. The van der Waals surface area contributed by atoms with Crippen molar-refractivity contribution in [2.45, 2.75) is 37.6 Å². The van der Waals surface area contributed by atoms with Crippen LogP contribution in [0, 0.1) is 0 Å². The Bertz CT molecular complexity index is 965. The fourth-order valence-corrected chi connectivity index (χ4v) is 3.84. The Labute approximate surface area is 164 Å². The summed E-state index contributed by atoms with van der Waals surface area (Å²) in [6.07, 6.45) is 11.8. The summed E-state index contributed by atoms with van der Waals surface area (Å²) in [5.74, 6) is 7.58. The minimum absolute atomic E-state index is 0.393. The van der Waals surface area contributed by atoms with E-state index >= 15 is 0 Å². The van der Waals surface area contributed by atoms with Gasteiger partial charge < -0.3 is 4.74 Å². The molecule has 6 heteroatoms. The van der Waals surface area contributed by atoms with Crippen LogP contribution in [0.4, 0.5) is 0 Å². The van der Waals surface area contributed by atoms with Crippen molar-refractivity contribution < 1.29 is 4.74 Å². The lowest BCUT2D eigenvalue weighted by atomic mass is 9.83. The fourth-order valence-electron chi connectivity index (χ4n) is 3.84. The summed E-state index contributed by atoms with van der Waals surface area (Å²) in [6.45, 7) is 0. The molecule has 4 rings (SSSR count). The van der Waals surface area contributed by atoms with E-state index in [0.29, 0.717) is 12.0 Å². The molecule has 1 saturated carbocycles. The van der Waals surface area contributed by atoms with Gasteiger partial charge in [-0.1, -0.05) is 6.08 Å². The highest BCUT2D eigenvalue weighted by atomic mass is 16.5. The maximum Gasteiger partial charge on any atom is 0.152 e. The van der Waals surface area contributed by atoms with Gasteiger partial charge in [0.15, 0.2) is 5.82 Å². The van der Waals surface area contributed by atoms with E-state index < -0.39 is 0 Å². The van der Waals surface area contributed by atoms with Gasteiger partial charge in [0.1, 0.15) is 5.75 Å². The second kappa shape index (κ2) is 8.46. The molecule has 3 aromatic rings. The van der Waals surface area contributed by atoms with E-state index in [1.165, 1.54) is 0 Å². The zero-order valence-corrected chi connectivity index (χ0v) is 16.0. The molecule has 2 heterocycles. The van der Waals surface area contributed by atoms with Crippen LogP contribution >= 0.6 is 0 Å². The highest BCUT2D eigenvalue weighted by Gasteiger charge is 2.25. The third-order valence-corrected chi connectivity index (χ3v) is 5.43. The summed E-state index contributed by atoms with van der Waals surface area (Å²) < 4.78 is 5.43. The average Bonchev–Trinajstić information content (AvgIpc) is 2.77. The first-order valence-electron chi connectivity index (χ1n) is 9.66. The maximum atomic E-state index is 5.63. The van der Waals surface area contributed by atoms with Crippen LogP contribution in [0.2, 0.25) is 0 Å². The van der Waals surface area contributed by atoms with Crippen LogP contribution in [0.3, 0.4) is 0 Å². The number of fused-ring (bicyclic) bond motifs is 1. The minimum Gasteiger partial charge on any atom is -0.497 e. The average molecular weight is 375 g/mol. The molecule has 0 saturated heterocycles. The first kappa shape index (κ1) is 18.5. The number of hydrogen-bond acceptors (Lipinski definition) is 6. The summed E-state index contributed by atoms with van der Waals surface area (Å²) in [5.41, 5.74) is 6.03. The third kappa shape index (κ3) is 4.03. The van der Waals surface area contributed by atoms with Crippen LogP contribution in [0.5, 0.6) is 5.75 Å². The molecule has 6 nitrogen and oxygen atoms in total. The minimum atomic E-state index is 0.393. The van der Waals surface area contributed by atoms with Crippen LogP contribution < -0.4 is 16.0 Å². The Morgan fingerprint density at radius 1 is 1.04 bits per heavy atom. The molecule has 144 valence electrons. The number of aromatic nitrogens is 3. The van der Waals surface area contributed by atoms with Gasteiger partial charge in [0.25, 0.3) is 0 Å². The molecule has 3 N–H and O–H groups in total. The number of benzene rings is 1. The number of nitrogens with zero attached hydrogens (tertiary/aromatic N) is 3. The third-order valence-electron chi connectivity index (χ3n) is 5.43. The van der Waals surface area contributed by atoms with Crippen molar-refractivity contribution in [2.24, 2.45) is 5.84 Å². The number of hydrogen-bond donors (Lipinski definition) is 2. The molecule has 1 aliphatic carbocycles. The predicted molar refractivity (Wildman–Crippen MR) is 112 cm³/mol. The Morgan fingerprint density at radius 3 is 2.54 bits per heavy atom. The number of nitrogens with one attached hydrogen (secondary N) is 1. The van der Waals surface area contributed by atoms with Crippen molar-refractivity contribution >= 4 is 23.1 Å². The summed E-state index contributed by atoms with van der Waals surface area (Å²) in [4.78, 5) is 13.8. The number of ether oxygens (including phenoxy) is 1. The summed E-state index contributed by atoms with van der Waals surface area (Å²) in [5, 5.41) is 1.07. The van der Waals surface area contributed by atoms with E-state index in [9.17, 15) is 0 Å². The van der Waals surface area contributed by atoms with Gasteiger partial charge in [-0.25, -0.2) is 9.97 Å². The quantitative estimate of drug-likeness (QED) is 0.522. The molecule has 0 aliphatic heterocycles. The van der Waals surface area contributed by atoms with Crippen molar-refractivity contribution in [3.05, 3.63) is 59.8 Å². The summed E-state index contributed by atoms with van der Waals surface area (Å²) in [6, 6.07) is 10.3. The van der Waals surface area contributed by atoms with Gasteiger partial charge in [-0.15, -0.1) is 0 Å². The zero-order valence-electron chi connectivity index (χ0n) is 16.0. The monoisotopic (exact) mass is 375 g/mol. The van der Waals surface area contributed by atoms with Crippen molar-refractivity contribution in [2.75, 3.05) is 7.11 Å². The van der Waals surface area contributed by atoms with Gasteiger partial charge in [-0.2, -0.15) is 0 Å². The van der Waals surface area contributed by atoms with Gasteiger partial charge in [-0.05, 0) is 67.7 Å². The van der Waals surface area contributed by atoms with E-state index in [-0.39, 0.29) is 0 Å². The Balaban J connectivity index is 1.73. The lowest BCUT2D eigenvalue weighted by Crippen LogP contribution is -2.37. The number of hydrazine groups is 1. The first-order chi connectivity index (χ1) is 13.8. The number of nitrogens with two attached hydrogens (primary N) is 1. The lowest BCUT2D eigenvalue weighted by molar-refractivity contribution is 0.344. The molecule has 2 aromatic heterocycles. The van der Waals surface area contributed by atoms with Crippen LogP contribution in [-0.4, -0.2) is 28.1 Å². The molecule has 0 radical (unpaired) electrons. The van der Waals surface area contributed by atoms with E-state index in [1.54, 1.807) is 19.5 Å². The zero-order chi connectivity index (χ0) is 19.3. The number of pyridine rings is 1. The highest BCUT2D eigenvalue weighted by Crippen LogP contribution is 2.36. The van der Waals surface area contributed by atoms with Crippen LogP contribution in [0.15, 0.2) is 42.7 Å². The van der Waals surface area contributed by atoms with E-state index in [0.717, 1.165) is 59.4 Å². The van der Waals surface area contributed by atoms with Gasteiger partial charge in [0, 0.05) is 29.7 Å². The van der Waals surface area contributed by atoms with Gasteiger partial charge in [0.2, 0.25) is 0 Å². The van der Waals surface area contributed by atoms with Crippen molar-refractivity contribution in [1.29, 1.82) is 0 Å². The van der Waals surface area contributed by atoms with Crippen molar-refractivity contribution in [3.8, 4) is 5.75 Å². The molecule has 1 aromatic carbocycles. The van der Waals surface area contributed by atoms with Gasteiger partial charge in [0.05, 0.1) is 18.3 Å². The molecular weight excluding hydrogens is 350 g/mol. The standard InChI is InChI=1S/C22H25N5O/c1-28-18-7-8-20-19(14-18)22(16-3-5-17(27-23)6-4-16)26-21(25-20)9-2-15-10-12-24-13-11-15/h2,7-14,16-17,27H,3-6,23H2,1H3. The van der Waals surface area contributed by atoms with E-state index in [2.05, 4.69) is 10.4 Å².